The van der Waals surface area contributed by atoms with Crippen LogP contribution < -0.4 is 4.74 Å². The van der Waals surface area contributed by atoms with Crippen LogP contribution in [0.15, 0.2) is 91.6 Å². The Labute approximate surface area is 188 Å². The highest BCUT2D eigenvalue weighted by Gasteiger charge is 2.34. The zero-order valence-corrected chi connectivity index (χ0v) is 17.3. The summed E-state index contributed by atoms with van der Waals surface area (Å²) >= 11 is 0. The molecular formula is C26H16N6O. The van der Waals surface area contributed by atoms with Crippen molar-refractivity contribution in [3.63, 3.8) is 0 Å². The molecule has 0 radical (unpaired) electrons. The van der Waals surface area contributed by atoms with Gasteiger partial charge in [-0.25, -0.2) is 14.5 Å². The van der Waals surface area contributed by atoms with E-state index in [0.29, 0.717) is 23.0 Å². The maximum atomic E-state index is 6.33. The summed E-state index contributed by atoms with van der Waals surface area (Å²) in [6.45, 7) is 0. The summed E-state index contributed by atoms with van der Waals surface area (Å²) in [5.74, 6) is 1.69. The van der Waals surface area contributed by atoms with Crippen molar-refractivity contribution in [1.82, 2.24) is 29.5 Å². The molecule has 4 aromatic heterocycles. The second-order valence-corrected chi connectivity index (χ2v) is 7.90. The molecule has 1 atom stereocenters. The highest BCUT2D eigenvalue weighted by Crippen LogP contribution is 2.50. The predicted octanol–water partition coefficient (Wildman–Crippen LogP) is 5.02. The van der Waals surface area contributed by atoms with Gasteiger partial charge in [0, 0.05) is 30.1 Å². The molecule has 7 rings (SSSR count). The molecule has 0 saturated heterocycles. The Morgan fingerprint density at radius 2 is 1.76 bits per heavy atom. The molecule has 0 bridgehead atoms. The van der Waals surface area contributed by atoms with Gasteiger partial charge in [-0.2, -0.15) is 0 Å². The van der Waals surface area contributed by atoms with Gasteiger partial charge in [0.05, 0.1) is 5.56 Å². The molecule has 7 nitrogen and oxygen atoms in total. The first-order chi connectivity index (χ1) is 16.4. The standard InChI is InChI=1S/C26H16N6O/c1-2-8-18-16(6-1)10-11-20-22(18)21(17-7-5-12-27-14-17)23-25-30-24(19-9-3-4-13-28-19)31-32(25)15-29-26(23)33-20/h1-15,21H. The Morgan fingerprint density at radius 1 is 0.818 bits per heavy atom. The van der Waals surface area contributed by atoms with E-state index < -0.39 is 0 Å². The average molecular weight is 428 g/mol. The number of rotatable bonds is 2. The summed E-state index contributed by atoms with van der Waals surface area (Å²) in [4.78, 5) is 18.3. The number of hydrogen-bond acceptors (Lipinski definition) is 6. The van der Waals surface area contributed by atoms with Crippen LogP contribution in [0.3, 0.4) is 0 Å². The number of hydrogen-bond donors (Lipinski definition) is 0. The van der Waals surface area contributed by atoms with Crippen LogP contribution in [0.25, 0.3) is 27.9 Å². The topological polar surface area (TPSA) is 78.1 Å². The largest absolute Gasteiger partial charge is 0.438 e. The molecule has 6 aromatic rings. The summed E-state index contributed by atoms with van der Waals surface area (Å²) in [5, 5.41) is 6.92. The van der Waals surface area contributed by atoms with Gasteiger partial charge >= 0.3 is 0 Å². The first-order valence-corrected chi connectivity index (χ1v) is 10.6. The molecule has 2 aromatic carbocycles. The van der Waals surface area contributed by atoms with E-state index in [1.807, 2.05) is 48.7 Å². The van der Waals surface area contributed by atoms with E-state index in [9.17, 15) is 0 Å². The molecule has 1 aliphatic heterocycles. The lowest BCUT2D eigenvalue weighted by Crippen LogP contribution is -2.15. The van der Waals surface area contributed by atoms with Crippen molar-refractivity contribution < 1.29 is 4.74 Å². The molecule has 1 aliphatic rings. The van der Waals surface area contributed by atoms with Crippen LogP contribution in [0.5, 0.6) is 11.6 Å². The van der Waals surface area contributed by atoms with Crippen molar-refractivity contribution in [1.29, 1.82) is 0 Å². The minimum absolute atomic E-state index is 0.166. The summed E-state index contributed by atoms with van der Waals surface area (Å²) in [5.41, 5.74) is 4.37. The van der Waals surface area contributed by atoms with Crippen LogP contribution in [0.1, 0.15) is 22.6 Å². The van der Waals surface area contributed by atoms with Gasteiger partial charge in [-0.05, 0) is 40.6 Å². The predicted molar refractivity (Wildman–Crippen MR) is 123 cm³/mol. The zero-order chi connectivity index (χ0) is 21.8. The molecule has 7 heteroatoms. The van der Waals surface area contributed by atoms with Crippen LogP contribution in [0.2, 0.25) is 0 Å². The fourth-order valence-corrected chi connectivity index (χ4v) is 4.59. The Bertz CT molecular complexity index is 1650. The van der Waals surface area contributed by atoms with Gasteiger partial charge in [0.25, 0.3) is 0 Å². The van der Waals surface area contributed by atoms with E-state index in [1.54, 1.807) is 23.2 Å². The zero-order valence-electron chi connectivity index (χ0n) is 17.3. The van der Waals surface area contributed by atoms with E-state index in [0.717, 1.165) is 33.2 Å². The fourth-order valence-electron chi connectivity index (χ4n) is 4.59. The van der Waals surface area contributed by atoms with Crippen LogP contribution in [0, 0.1) is 0 Å². The lowest BCUT2D eigenvalue weighted by molar-refractivity contribution is 0.433. The van der Waals surface area contributed by atoms with Gasteiger partial charge < -0.3 is 4.74 Å². The molecule has 0 saturated carbocycles. The first-order valence-electron chi connectivity index (χ1n) is 10.6. The summed E-state index contributed by atoms with van der Waals surface area (Å²) in [7, 11) is 0. The van der Waals surface area contributed by atoms with Crippen molar-refractivity contribution in [3.05, 3.63) is 108 Å². The monoisotopic (exact) mass is 428 g/mol. The van der Waals surface area contributed by atoms with E-state index in [-0.39, 0.29) is 5.92 Å². The number of pyridine rings is 2. The molecule has 1 unspecified atom stereocenters. The van der Waals surface area contributed by atoms with Crippen LogP contribution in [0.4, 0.5) is 0 Å². The summed E-state index contributed by atoms with van der Waals surface area (Å²) < 4.78 is 8.03. The third kappa shape index (κ3) is 2.72. The maximum Gasteiger partial charge on any atom is 0.228 e. The van der Waals surface area contributed by atoms with Crippen molar-refractivity contribution in [2.24, 2.45) is 0 Å². The second kappa shape index (κ2) is 6.93. The molecule has 0 fully saturated rings. The molecule has 0 aliphatic carbocycles. The van der Waals surface area contributed by atoms with E-state index in [1.165, 1.54) is 0 Å². The van der Waals surface area contributed by atoms with E-state index in [4.69, 9.17) is 9.72 Å². The van der Waals surface area contributed by atoms with Gasteiger partial charge in [0.1, 0.15) is 17.8 Å². The van der Waals surface area contributed by atoms with Crippen molar-refractivity contribution in [2.45, 2.75) is 5.92 Å². The maximum absolute atomic E-state index is 6.33. The lowest BCUT2D eigenvalue weighted by Gasteiger charge is -2.28. The Morgan fingerprint density at radius 3 is 2.64 bits per heavy atom. The molecule has 5 heterocycles. The van der Waals surface area contributed by atoms with Gasteiger partial charge in [-0.3, -0.25) is 9.97 Å². The molecule has 0 N–H and O–H groups in total. The SMILES string of the molecule is c1ccc(-c2nc3c4c(ncn3n2)Oc2ccc3ccccc3c2C4c2cccnc2)nc1. The number of aromatic nitrogens is 6. The quantitative estimate of drug-likeness (QED) is 0.385. The minimum atomic E-state index is -0.166. The lowest BCUT2D eigenvalue weighted by atomic mass is 9.82. The summed E-state index contributed by atoms with van der Waals surface area (Å²) in [6, 6.07) is 22.1. The second-order valence-electron chi connectivity index (χ2n) is 7.90. The molecule has 0 amide bonds. The number of fused-ring (bicyclic) bond motifs is 6. The van der Waals surface area contributed by atoms with Gasteiger partial charge in [-0.1, -0.05) is 42.5 Å². The Balaban J connectivity index is 1.55. The Kier molecular flexibility index (Phi) is 3.77. The third-order valence-corrected chi connectivity index (χ3v) is 6.01. The van der Waals surface area contributed by atoms with Gasteiger partial charge in [-0.15, -0.1) is 5.10 Å². The van der Waals surface area contributed by atoms with Crippen molar-refractivity contribution in [2.75, 3.05) is 0 Å². The summed E-state index contributed by atoms with van der Waals surface area (Å²) in [6.07, 6.45) is 7.05. The molecule has 156 valence electrons. The molecule has 33 heavy (non-hydrogen) atoms. The number of benzene rings is 2. The number of ether oxygens (including phenoxy) is 1. The highest BCUT2D eigenvalue weighted by molar-refractivity contribution is 5.90. The fraction of sp³-hybridized carbons (Fsp3) is 0.0385. The van der Waals surface area contributed by atoms with E-state index in [2.05, 4.69) is 44.3 Å². The smallest absolute Gasteiger partial charge is 0.228 e. The Hall–Kier alpha value is -4.65. The van der Waals surface area contributed by atoms with Crippen LogP contribution in [-0.4, -0.2) is 29.5 Å². The van der Waals surface area contributed by atoms with Crippen LogP contribution >= 0.6 is 0 Å². The van der Waals surface area contributed by atoms with Crippen molar-refractivity contribution in [3.8, 4) is 23.1 Å². The van der Waals surface area contributed by atoms with Gasteiger partial charge in [0.2, 0.25) is 11.7 Å². The normalized spacial score (nSPS) is 14.6. The van der Waals surface area contributed by atoms with E-state index >= 15 is 0 Å². The molecular weight excluding hydrogens is 412 g/mol. The third-order valence-electron chi connectivity index (χ3n) is 6.01. The minimum Gasteiger partial charge on any atom is -0.438 e. The first kappa shape index (κ1) is 18.0. The van der Waals surface area contributed by atoms with Crippen molar-refractivity contribution >= 4 is 16.4 Å². The number of nitrogens with zero attached hydrogens (tertiary/aromatic N) is 6. The van der Waals surface area contributed by atoms with Crippen LogP contribution in [-0.2, 0) is 0 Å². The molecule has 0 spiro atoms. The average Bonchev–Trinajstić information content (AvgIpc) is 3.33. The van der Waals surface area contributed by atoms with Gasteiger partial charge in [0.15, 0.2) is 5.65 Å². The highest BCUT2D eigenvalue weighted by atomic mass is 16.5.